The maximum Gasteiger partial charge on any atom is 0.230 e. The fraction of sp³-hybridized carbons (Fsp3) is 0.263. The molecule has 10 heteroatoms. The summed E-state index contributed by atoms with van der Waals surface area (Å²) in [5.74, 6) is 1.46. The zero-order chi connectivity index (χ0) is 20.8. The van der Waals surface area contributed by atoms with Gasteiger partial charge in [0.15, 0.2) is 0 Å². The number of carbonyl (C=O) groups excluding carboxylic acids is 1. The standard InChI is InChI=1S/C19H21N5O4S/c1-12(16-10-15(27-2)8-9-17(16)28-3)20-18(26)11-29-19-21-22-23-24(19)13-4-6-14(25)7-5-13/h4-10,12,25H,11H2,1-3H3,(H,20,26)/t12-/m1/s1. The van der Waals surface area contributed by atoms with Crippen LogP contribution in [-0.4, -0.2) is 51.2 Å². The lowest BCUT2D eigenvalue weighted by Crippen LogP contribution is -2.28. The van der Waals surface area contributed by atoms with E-state index in [0.29, 0.717) is 22.3 Å². The van der Waals surface area contributed by atoms with E-state index in [1.54, 1.807) is 50.6 Å². The second-order valence-corrected chi connectivity index (χ2v) is 7.02. The van der Waals surface area contributed by atoms with Crippen molar-refractivity contribution in [1.82, 2.24) is 25.5 Å². The molecule has 152 valence electrons. The first-order valence-electron chi connectivity index (χ1n) is 8.73. The van der Waals surface area contributed by atoms with Gasteiger partial charge in [0.2, 0.25) is 11.1 Å². The molecule has 9 nitrogen and oxygen atoms in total. The molecule has 2 aromatic carbocycles. The molecule has 1 aromatic heterocycles. The molecule has 0 spiro atoms. The normalized spacial score (nSPS) is 11.7. The van der Waals surface area contributed by atoms with Crippen LogP contribution in [0.5, 0.6) is 17.2 Å². The van der Waals surface area contributed by atoms with Gasteiger partial charge in [-0.05, 0) is 59.8 Å². The Hall–Kier alpha value is -3.27. The summed E-state index contributed by atoms with van der Waals surface area (Å²) in [6.07, 6.45) is 0. The highest BCUT2D eigenvalue weighted by atomic mass is 32.2. The SMILES string of the molecule is COc1ccc(OC)c([C@@H](C)NC(=O)CSc2nnnn2-c2ccc(O)cc2)c1. The first-order valence-corrected chi connectivity index (χ1v) is 9.72. The summed E-state index contributed by atoms with van der Waals surface area (Å²) in [7, 11) is 3.17. The third kappa shape index (κ3) is 4.96. The summed E-state index contributed by atoms with van der Waals surface area (Å²) < 4.78 is 12.1. The van der Waals surface area contributed by atoms with Crippen LogP contribution in [0, 0.1) is 0 Å². The Balaban J connectivity index is 1.64. The van der Waals surface area contributed by atoms with Crippen LogP contribution in [0.4, 0.5) is 0 Å². The van der Waals surface area contributed by atoms with E-state index >= 15 is 0 Å². The Kier molecular flexibility index (Phi) is 6.55. The van der Waals surface area contributed by atoms with E-state index in [9.17, 15) is 9.90 Å². The molecule has 1 heterocycles. The monoisotopic (exact) mass is 415 g/mol. The fourth-order valence-electron chi connectivity index (χ4n) is 2.69. The minimum Gasteiger partial charge on any atom is -0.508 e. The minimum atomic E-state index is -0.277. The van der Waals surface area contributed by atoms with Crippen LogP contribution in [0.25, 0.3) is 5.69 Å². The molecule has 29 heavy (non-hydrogen) atoms. The molecule has 0 fully saturated rings. The third-order valence-corrected chi connectivity index (χ3v) is 5.07. The maximum absolute atomic E-state index is 12.5. The van der Waals surface area contributed by atoms with E-state index < -0.39 is 0 Å². The van der Waals surface area contributed by atoms with Crippen molar-refractivity contribution in [2.75, 3.05) is 20.0 Å². The van der Waals surface area contributed by atoms with E-state index in [1.165, 1.54) is 16.4 Å². The third-order valence-electron chi connectivity index (χ3n) is 4.15. The van der Waals surface area contributed by atoms with Crippen molar-refractivity contribution in [2.24, 2.45) is 0 Å². The molecule has 0 aliphatic heterocycles. The van der Waals surface area contributed by atoms with E-state index in [4.69, 9.17) is 9.47 Å². The summed E-state index contributed by atoms with van der Waals surface area (Å²) in [6.45, 7) is 1.88. The lowest BCUT2D eigenvalue weighted by molar-refractivity contribution is -0.119. The van der Waals surface area contributed by atoms with Crippen molar-refractivity contribution in [2.45, 2.75) is 18.1 Å². The number of nitrogens with zero attached hydrogens (tertiary/aromatic N) is 4. The van der Waals surface area contributed by atoms with Crippen LogP contribution in [-0.2, 0) is 4.79 Å². The Morgan fingerprint density at radius 3 is 2.66 bits per heavy atom. The van der Waals surface area contributed by atoms with Crippen molar-refractivity contribution in [3.63, 3.8) is 0 Å². The molecule has 0 radical (unpaired) electrons. The zero-order valence-corrected chi connectivity index (χ0v) is 17.0. The van der Waals surface area contributed by atoms with Crippen molar-refractivity contribution in [1.29, 1.82) is 0 Å². The number of aromatic hydroxyl groups is 1. The number of phenols is 1. The first kappa shape index (κ1) is 20.5. The number of thioether (sulfide) groups is 1. The molecule has 0 aliphatic rings. The lowest BCUT2D eigenvalue weighted by atomic mass is 10.1. The first-order chi connectivity index (χ1) is 14.0. The number of ether oxygens (including phenoxy) is 2. The summed E-state index contributed by atoms with van der Waals surface area (Å²) in [5.41, 5.74) is 1.50. The Morgan fingerprint density at radius 2 is 1.97 bits per heavy atom. The number of benzene rings is 2. The second kappa shape index (κ2) is 9.28. The average Bonchev–Trinajstić information content (AvgIpc) is 3.20. The number of carbonyl (C=O) groups is 1. The van der Waals surface area contributed by atoms with Gasteiger partial charge in [-0.25, -0.2) is 0 Å². The number of rotatable bonds is 8. The number of aromatic nitrogens is 4. The van der Waals surface area contributed by atoms with Crippen molar-refractivity contribution >= 4 is 17.7 Å². The molecule has 0 bridgehead atoms. The van der Waals surface area contributed by atoms with Gasteiger partial charge < -0.3 is 19.9 Å². The van der Waals surface area contributed by atoms with Crippen LogP contribution in [0.2, 0.25) is 0 Å². The molecule has 3 rings (SSSR count). The number of hydrogen-bond acceptors (Lipinski definition) is 8. The van der Waals surface area contributed by atoms with Crippen LogP contribution >= 0.6 is 11.8 Å². The largest absolute Gasteiger partial charge is 0.508 e. The van der Waals surface area contributed by atoms with Gasteiger partial charge in [-0.1, -0.05) is 11.8 Å². The summed E-state index contributed by atoms with van der Waals surface area (Å²) in [6, 6.07) is 11.6. The van der Waals surface area contributed by atoms with Gasteiger partial charge in [0.25, 0.3) is 0 Å². The van der Waals surface area contributed by atoms with Gasteiger partial charge in [0.1, 0.15) is 17.2 Å². The van der Waals surface area contributed by atoms with E-state index in [0.717, 1.165) is 5.56 Å². The van der Waals surface area contributed by atoms with Crippen LogP contribution in [0.3, 0.4) is 0 Å². The fourth-order valence-corrected chi connectivity index (χ4v) is 3.40. The second-order valence-electron chi connectivity index (χ2n) is 6.08. The van der Waals surface area contributed by atoms with Gasteiger partial charge in [0.05, 0.1) is 31.7 Å². The quantitative estimate of drug-likeness (QED) is 0.540. The molecular weight excluding hydrogens is 394 g/mol. The van der Waals surface area contributed by atoms with Gasteiger partial charge in [0, 0.05) is 5.56 Å². The molecule has 0 saturated carbocycles. The molecular formula is C19H21N5O4S. The smallest absolute Gasteiger partial charge is 0.230 e. The van der Waals surface area contributed by atoms with Crippen molar-refractivity contribution in [3.8, 4) is 22.9 Å². The van der Waals surface area contributed by atoms with Crippen LogP contribution in [0.1, 0.15) is 18.5 Å². The number of hydrogen-bond donors (Lipinski definition) is 2. The summed E-state index contributed by atoms with van der Waals surface area (Å²) >= 11 is 1.21. The topological polar surface area (TPSA) is 111 Å². The number of amides is 1. The van der Waals surface area contributed by atoms with Crippen LogP contribution in [0.15, 0.2) is 47.6 Å². The molecule has 3 aromatic rings. The van der Waals surface area contributed by atoms with Gasteiger partial charge in [-0.15, -0.1) is 5.10 Å². The lowest BCUT2D eigenvalue weighted by Gasteiger charge is -2.18. The average molecular weight is 415 g/mol. The Morgan fingerprint density at radius 1 is 1.21 bits per heavy atom. The minimum absolute atomic E-state index is 0.134. The highest BCUT2D eigenvalue weighted by molar-refractivity contribution is 7.99. The number of phenolic OH excluding ortho intramolecular Hbond substituents is 1. The summed E-state index contributed by atoms with van der Waals surface area (Å²) in [4.78, 5) is 12.5. The summed E-state index contributed by atoms with van der Waals surface area (Å²) in [5, 5.41) is 24.4. The van der Waals surface area contributed by atoms with Crippen molar-refractivity contribution in [3.05, 3.63) is 48.0 Å². The molecule has 2 N–H and O–H groups in total. The highest BCUT2D eigenvalue weighted by Gasteiger charge is 2.17. The van der Waals surface area contributed by atoms with E-state index in [1.807, 2.05) is 13.0 Å². The molecule has 0 saturated heterocycles. The number of methoxy groups -OCH3 is 2. The number of tetrazole rings is 1. The van der Waals surface area contributed by atoms with E-state index in [2.05, 4.69) is 20.8 Å². The highest BCUT2D eigenvalue weighted by Crippen LogP contribution is 2.29. The molecule has 1 atom stereocenters. The van der Waals surface area contributed by atoms with Gasteiger partial charge in [-0.2, -0.15) is 4.68 Å². The van der Waals surface area contributed by atoms with Crippen LogP contribution < -0.4 is 14.8 Å². The van der Waals surface area contributed by atoms with E-state index in [-0.39, 0.29) is 23.5 Å². The number of nitrogens with one attached hydrogen (secondary N) is 1. The van der Waals surface area contributed by atoms with Crippen molar-refractivity contribution < 1.29 is 19.4 Å². The maximum atomic E-state index is 12.5. The Bertz CT molecular complexity index is 977. The molecule has 0 unspecified atom stereocenters. The predicted octanol–water partition coefficient (Wildman–Crippen LogP) is 2.35. The van der Waals surface area contributed by atoms with Gasteiger partial charge >= 0.3 is 0 Å². The van der Waals surface area contributed by atoms with Gasteiger partial charge in [-0.3, -0.25) is 4.79 Å². The Labute approximate surface area is 172 Å². The zero-order valence-electron chi connectivity index (χ0n) is 16.2. The molecule has 0 aliphatic carbocycles. The predicted molar refractivity (Wildman–Crippen MR) is 108 cm³/mol. The molecule has 1 amide bonds.